The number of carbonyl (C=O) groups is 1. The molecule has 2 aromatic carbocycles. The molecule has 1 amide bonds. The van der Waals surface area contributed by atoms with Gasteiger partial charge in [0.15, 0.2) is 0 Å². The van der Waals surface area contributed by atoms with E-state index in [0.29, 0.717) is 10.4 Å². The maximum Gasteiger partial charge on any atom is 0.268 e. The minimum Gasteiger partial charge on any atom is -0.322 e. The van der Waals surface area contributed by atoms with Crippen molar-refractivity contribution >= 4 is 33.8 Å². The number of rotatable bonds is 4. The van der Waals surface area contributed by atoms with E-state index in [0.717, 1.165) is 33.3 Å². The fraction of sp³-hybridized carbons (Fsp3) is 0.167. The van der Waals surface area contributed by atoms with E-state index in [9.17, 15) is 9.59 Å². The highest BCUT2D eigenvalue weighted by Gasteiger charge is 2.22. The molecule has 0 atom stereocenters. The molecule has 0 fully saturated rings. The lowest BCUT2D eigenvalue weighted by molar-refractivity contribution is 0.0989. The molecule has 0 bridgehead atoms. The summed E-state index contributed by atoms with van der Waals surface area (Å²) in [4.78, 5) is 31.4. The molecule has 1 N–H and O–H groups in total. The molecule has 4 aromatic rings. The fourth-order valence-electron chi connectivity index (χ4n) is 3.47. The van der Waals surface area contributed by atoms with Gasteiger partial charge in [0, 0.05) is 16.8 Å². The maximum atomic E-state index is 13.3. The molecule has 0 aliphatic heterocycles. The molecule has 2 aromatic heterocycles. The number of H-pyrrole nitrogens is 1. The van der Waals surface area contributed by atoms with E-state index in [1.807, 2.05) is 80.7 Å². The second kappa shape index (κ2) is 7.68. The lowest BCUT2D eigenvalue weighted by atomic mass is 10.1. The van der Waals surface area contributed by atoms with E-state index in [4.69, 9.17) is 0 Å². The Bertz CT molecular complexity index is 1260. The van der Waals surface area contributed by atoms with Gasteiger partial charge in [-0.1, -0.05) is 29.8 Å². The summed E-state index contributed by atoms with van der Waals surface area (Å²) >= 11 is 1.41. The van der Waals surface area contributed by atoms with Crippen LogP contribution in [0.5, 0.6) is 0 Å². The predicted molar refractivity (Wildman–Crippen MR) is 120 cm³/mol. The zero-order valence-corrected chi connectivity index (χ0v) is 17.5. The summed E-state index contributed by atoms with van der Waals surface area (Å²) in [5, 5.41) is 2.85. The average Bonchev–Trinajstić information content (AvgIpc) is 3.23. The molecular weight excluding hydrogens is 380 g/mol. The molecule has 2 heterocycles. The van der Waals surface area contributed by atoms with Crippen molar-refractivity contribution in [3.05, 3.63) is 97.5 Å². The van der Waals surface area contributed by atoms with Crippen molar-refractivity contribution in [3.8, 4) is 0 Å². The number of amides is 1. The van der Waals surface area contributed by atoms with Gasteiger partial charge in [-0.3, -0.25) is 9.59 Å². The Morgan fingerprint density at radius 1 is 1.00 bits per heavy atom. The zero-order valence-electron chi connectivity index (χ0n) is 16.7. The standard InChI is InChI=1S/C24H22N2O2S/c1-15-7-9-20-18(11-15)13-19(23(27)25-20)14-26(24(28)22-5-4-10-29-22)21-12-16(2)6-8-17(21)3/h4-13H,14H2,1-3H3,(H,25,27). The molecule has 4 nitrogen and oxygen atoms in total. The normalized spacial score (nSPS) is 11.0. The molecule has 0 radical (unpaired) electrons. The number of nitrogens with zero attached hydrogens (tertiary/aromatic N) is 1. The molecular formula is C24H22N2O2S. The second-order valence-corrected chi connectivity index (χ2v) is 8.32. The van der Waals surface area contributed by atoms with E-state index < -0.39 is 0 Å². The van der Waals surface area contributed by atoms with Crippen molar-refractivity contribution in [3.63, 3.8) is 0 Å². The Balaban J connectivity index is 1.83. The third-order valence-corrected chi connectivity index (χ3v) is 5.90. The van der Waals surface area contributed by atoms with Crippen LogP contribution in [-0.2, 0) is 6.54 Å². The maximum absolute atomic E-state index is 13.3. The molecule has 146 valence electrons. The van der Waals surface area contributed by atoms with Gasteiger partial charge in [-0.2, -0.15) is 0 Å². The Labute approximate surface area is 173 Å². The number of carbonyl (C=O) groups excluding carboxylic acids is 1. The fourth-order valence-corrected chi connectivity index (χ4v) is 4.14. The van der Waals surface area contributed by atoms with Gasteiger partial charge in [-0.05, 0) is 73.0 Å². The van der Waals surface area contributed by atoms with Crippen LogP contribution in [0.25, 0.3) is 10.9 Å². The van der Waals surface area contributed by atoms with Gasteiger partial charge in [0.1, 0.15) is 0 Å². The third kappa shape index (κ3) is 3.87. The number of anilines is 1. The van der Waals surface area contributed by atoms with Crippen LogP contribution in [0.2, 0.25) is 0 Å². The summed E-state index contributed by atoms with van der Waals surface area (Å²) in [6.45, 7) is 6.22. The van der Waals surface area contributed by atoms with Gasteiger partial charge in [0.2, 0.25) is 0 Å². The number of pyridine rings is 1. The van der Waals surface area contributed by atoms with Gasteiger partial charge in [0.25, 0.3) is 11.5 Å². The van der Waals surface area contributed by atoms with Crippen molar-refractivity contribution in [2.24, 2.45) is 0 Å². The van der Waals surface area contributed by atoms with Crippen LogP contribution in [0.15, 0.2) is 64.8 Å². The summed E-state index contributed by atoms with van der Waals surface area (Å²) in [5.74, 6) is -0.0996. The van der Waals surface area contributed by atoms with Crippen molar-refractivity contribution < 1.29 is 4.79 Å². The van der Waals surface area contributed by atoms with Crippen LogP contribution >= 0.6 is 11.3 Å². The summed E-state index contributed by atoms with van der Waals surface area (Å²) in [6.07, 6.45) is 0. The van der Waals surface area contributed by atoms with E-state index in [2.05, 4.69) is 4.98 Å². The first kappa shape index (κ1) is 19.2. The highest BCUT2D eigenvalue weighted by atomic mass is 32.1. The molecule has 0 saturated carbocycles. The van der Waals surface area contributed by atoms with E-state index in [-0.39, 0.29) is 18.0 Å². The number of thiophene rings is 1. The highest BCUT2D eigenvalue weighted by Crippen LogP contribution is 2.26. The van der Waals surface area contributed by atoms with Crippen LogP contribution < -0.4 is 10.5 Å². The first-order valence-corrected chi connectivity index (χ1v) is 10.4. The van der Waals surface area contributed by atoms with Crippen LogP contribution in [0.3, 0.4) is 0 Å². The second-order valence-electron chi connectivity index (χ2n) is 7.37. The number of benzene rings is 2. The van der Waals surface area contributed by atoms with Crippen molar-refractivity contribution in [2.45, 2.75) is 27.3 Å². The molecule has 0 aliphatic carbocycles. The third-order valence-electron chi connectivity index (χ3n) is 5.04. The lowest BCUT2D eigenvalue weighted by Crippen LogP contribution is -2.33. The molecule has 0 aliphatic rings. The van der Waals surface area contributed by atoms with Crippen LogP contribution in [0, 0.1) is 20.8 Å². The summed E-state index contributed by atoms with van der Waals surface area (Å²) in [7, 11) is 0. The molecule has 0 unspecified atom stereocenters. The van der Waals surface area contributed by atoms with Crippen LogP contribution in [0.4, 0.5) is 5.69 Å². The molecule has 5 heteroatoms. The van der Waals surface area contributed by atoms with Gasteiger partial charge >= 0.3 is 0 Å². The van der Waals surface area contributed by atoms with Gasteiger partial charge in [-0.15, -0.1) is 11.3 Å². The van der Waals surface area contributed by atoms with Gasteiger partial charge in [0.05, 0.1) is 11.4 Å². The summed E-state index contributed by atoms with van der Waals surface area (Å²) in [6, 6.07) is 17.5. The van der Waals surface area contributed by atoms with Crippen molar-refractivity contribution in [2.75, 3.05) is 4.90 Å². The summed E-state index contributed by atoms with van der Waals surface area (Å²) in [5.41, 5.74) is 5.20. The lowest BCUT2D eigenvalue weighted by Gasteiger charge is -2.24. The van der Waals surface area contributed by atoms with E-state index in [1.165, 1.54) is 11.3 Å². The SMILES string of the molecule is Cc1ccc(C)c(N(Cc2cc3cc(C)ccc3[nH]c2=O)C(=O)c2cccs2)c1. The van der Waals surface area contributed by atoms with Gasteiger partial charge in [-0.25, -0.2) is 0 Å². The first-order chi connectivity index (χ1) is 13.9. The minimum absolute atomic E-state index is 0.0996. The van der Waals surface area contributed by atoms with E-state index in [1.54, 1.807) is 4.90 Å². The van der Waals surface area contributed by atoms with Crippen LogP contribution in [-0.4, -0.2) is 10.9 Å². The Morgan fingerprint density at radius 3 is 2.52 bits per heavy atom. The molecule has 0 saturated heterocycles. The predicted octanol–water partition coefficient (Wildman–Crippen LogP) is 5.36. The van der Waals surface area contributed by atoms with Gasteiger partial charge < -0.3 is 9.88 Å². The highest BCUT2D eigenvalue weighted by molar-refractivity contribution is 7.12. The number of aromatic amines is 1. The summed E-state index contributed by atoms with van der Waals surface area (Å²) < 4.78 is 0. The molecule has 4 rings (SSSR count). The number of aromatic nitrogens is 1. The molecule has 29 heavy (non-hydrogen) atoms. The quantitative estimate of drug-likeness (QED) is 0.499. The largest absolute Gasteiger partial charge is 0.322 e. The monoisotopic (exact) mass is 402 g/mol. The zero-order chi connectivity index (χ0) is 20.5. The minimum atomic E-state index is -0.171. The Kier molecular flexibility index (Phi) is 5.07. The average molecular weight is 403 g/mol. The Morgan fingerprint density at radius 2 is 1.76 bits per heavy atom. The number of hydrogen-bond acceptors (Lipinski definition) is 3. The number of hydrogen-bond donors (Lipinski definition) is 1. The topological polar surface area (TPSA) is 53.2 Å². The van der Waals surface area contributed by atoms with Crippen molar-refractivity contribution in [1.82, 2.24) is 4.98 Å². The number of aryl methyl sites for hydroxylation is 3. The van der Waals surface area contributed by atoms with Crippen molar-refractivity contribution in [1.29, 1.82) is 0 Å². The Hall–Kier alpha value is -3.18. The number of nitrogens with one attached hydrogen (secondary N) is 1. The first-order valence-electron chi connectivity index (χ1n) is 9.47. The van der Waals surface area contributed by atoms with Crippen LogP contribution in [0.1, 0.15) is 31.9 Å². The number of fused-ring (bicyclic) bond motifs is 1. The smallest absolute Gasteiger partial charge is 0.268 e. The van der Waals surface area contributed by atoms with E-state index >= 15 is 0 Å². The molecule has 0 spiro atoms.